The molecule has 15 atom stereocenters. The molecule has 1 aliphatic carbocycles. The van der Waals surface area contributed by atoms with Gasteiger partial charge in [0.2, 0.25) is 36.2 Å². The number of halogens is 1. The van der Waals surface area contributed by atoms with Gasteiger partial charge in [-0.15, -0.1) is 0 Å². The van der Waals surface area contributed by atoms with E-state index in [1.54, 1.807) is 13.0 Å². The normalized spacial score (nSPS) is 26.6. The molecule has 4 aromatic rings. The summed E-state index contributed by atoms with van der Waals surface area (Å²) in [4.78, 5) is 147. The molecule has 41 heteroatoms. The molecule has 0 aromatic heterocycles. The number of ether oxygens (including phenoxy) is 20. The summed E-state index contributed by atoms with van der Waals surface area (Å²) < 4.78 is 144. The summed E-state index contributed by atoms with van der Waals surface area (Å²) in [5.74, 6) is -14.0. The van der Waals surface area contributed by atoms with Crippen LogP contribution in [-0.2, 0) is 144 Å². The van der Waals surface area contributed by atoms with Gasteiger partial charge in [-0.25, -0.2) is 27.6 Å². The Bertz CT molecular complexity index is 4520. The maximum Gasteiger partial charge on any atom is 0.411 e. The third-order valence-corrected chi connectivity index (χ3v) is 20.3. The number of alkyl carbamates (subject to hydrolysis) is 1. The fraction of sp³-hybridized carbons (Fsp3) is 0.529. The van der Waals surface area contributed by atoms with Crippen molar-refractivity contribution in [2.75, 3.05) is 65.6 Å². The Labute approximate surface area is 639 Å². The number of hydrogen-bond acceptors (Lipinski definition) is 35. The Kier molecular flexibility index (Phi) is 25.5. The number of nitrogens with one attached hydrogen (secondary N) is 1. The van der Waals surface area contributed by atoms with Crippen LogP contribution in [0.4, 0.5) is 15.3 Å². The van der Waals surface area contributed by atoms with Crippen molar-refractivity contribution in [1.82, 2.24) is 10.2 Å². The first-order valence-electron chi connectivity index (χ1n) is 33.9. The predicted octanol–water partition coefficient (Wildman–Crippen LogP) is 5.09. The van der Waals surface area contributed by atoms with E-state index in [0.717, 1.165) is 66.9 Å². The highest BCUT2D eigenvalue weighted by Gasteiger charge is 2.86. The van der Waals surface area contributed by atoms with E-state index in [9.17, 15) is 71.8 Å². The van der Waals surface area contributed by atoms with Crippen molar-refractivity contribution in [3.63, 3.8) is 0 Å². The Hall–Kier alpha value is -10.4. The fourth-order valence-electron chi connectivity index (χ4n) is 14.0. The molecule has 0 spiro atoms. The lowest BCUT2D eigenvalue weighted by Gasteiger charge is -2.55. The molecule has 600 valence electrons. The fourth-order valence-corrected chi connectivity index (χ4v) is 15.5. The number of azide groups is 1. The van der Waals surface area contributed by atoms with Crippen molar-refractivity contribution in [3.8, 4) is 28.7 Å². The maximum absolute atomic E-state index is 14.6. The van der Waals surface area contributed by atoms with Crippen LogP contribution in [0.3, 0.4) is 0 Å². The van der Waals surface area contributed by atoms with Crippen molar-refractivity contribution in [1.29, 1.82) is 0 Å². The number of carbonyl (C=O) groups excluding carboxylic acids is 11. The van der Waals surface area contributed by atoms with E-state index in [4.69, 9.17) is 94.7 Å². The van der Waals surface area contributed by atoms with Crippen LogP contribution in [0.1, 0.15) is 98.7 Å². The van der Waals surface area contributed by atoms with E-state index in [1.807, 2.05) is 0 Å². The largest absolute Gasteiger partial charge is 0.506 e. The number of phenolic OH excluding ortho intramolecular Hbond substituents is 1. The smallest absolute Gasteiger partial charge is 0.411 e. The van der Waals surface area contributed by atoms with Crippen LogP contribution in [0, 0.1) is 6.92 Å². The summed E-state index contributed by atoms with van der Waals surface area (Å²) in [6, 6.07) is 11.1. The second-order valence-corrected chi connectivity index (χ2v) is 28.8. The number of benzene rings is 4. The molecule has 6 aliphatic rings. The molecule has 5 aliphatic heterocycles. The lowest BCUT2D eigenvalue weighted by Crippen LogP contribution is -2.76. The molecule has 4 saturated heterocycles. The lowest BCUT2D eigenvalue weighted by molar-refractivity contribution is -0.360. The summed E-state index contributed by atoms with van der Waals surface area (Å²) in [5.41, 5.74) is 8.84. The van der Waals surface area contributed by atoms with Gasteiger partial charge in [0.1, 0.15) is 64.6 Å². The molecule has 3 unspecified atom stereocenters. The van der Waals surface area contributed by atoms with E-state index in [-0.39, 0.29) is 63.0 Å². The summed E-state index contributed by atoms with van der Waals surface area (Å²) >= 11 is 3.59. The van der Waals surface area contributed by atoms with Crippen molar-refractivity contribution < 1.29 is 161 Å². The van der Waals surface area contributed by atoms with Crippen molar-refractivity contribution in [3.05, 3.63) is 92.4 Å². The van der Waals surface area contributed by atoms with Gasteiger partial charge in [0, 0.05) is 94.6 Å². The van der Waals surface area contributed by atoms with Gasteiger partial charge in [-0.1, -0.05) is 39.2 Å². The maximum atomic E-state index is 14.6. The molecule has 111 heavy (non-hydrogen) atoms. The zero-order valence-corrected chi connectivity index (χ0v) is 64.0. The van der Waals surface area contributed by atoms with Gasteiger partial charge in [0.05, 0.1) is 50.3 Å². The van der Waals surface area contributed by atoms with E-state index in [0.29, 0.717) is 34.9 Å². The first-order chi connectivity index (χ1) is 52.6. The Balaban J connectivity index is 0.942. The number of methoxy groups -OCH3 is 4. The highest BCUT2D eigenvalue weighted by molar-refractivity contribution is 9.09. The van der Waals surface area contributed by atoms with Crippen LogP contribution in [0.2, 0.25) is 0 Å². The first-order valence-corrected chi connectivity index (χ1v) is 37.1. The molecular weight excluding hydrogens is 1570 g/mol. The number of aromatic hydroxyl groups is 1. The number of hydrogen-bond donors (Lipinski definition) is 2. The van der Waals surface area contributed by atoms with Crippen LogP contribution < -0.4 is 24.3 Å². The van der Waals surface area contributed by atoms with Gasteiger partial charge < -0.3 is 105 Å². The van der Waals surface area contributed by atoms with Crippen LogP contribution >= 0.6 is 15.9 Å². The highest BCUT2D eigenvalue weighted by atomic mass is 79.9. The number of alkyl halides is 1. The number of nitrogens with zero attached hydrogens (tertiary/aromatic N) is 4. The predicted molar refractivity (Wildman–Crippen MR) is 371 cm³/mol. The zero-order valence-electron chi connectivity index (χ0n) is 61.6. The molecule has 0 radical (unpaired) electrons. The van der Waals surface area contributed by atoms with Crippen LogP contribution in [0.5, 0.6) is 28.7 Å². The van der Waals surface area contributed by atoms with Crippen molar-refractivity contribution in [2.45, 2.75) is 172 Å². The minimum atomic E-state index is -3.89. The van der Waals surface area contributed by atoms with E-state index < -0.39 is 210 Å². The van der Waals surface area contributed by atoms with Gasteiger partial charge in [0.25, 0.3) is 5.79 Å². The molecule has 4 fully saturated rings. The Morgan fingerprint density at radius 2 is 1.27 bits per heavy atom. The zero-order chi connectivity index (χ0) is 80.9. The van der Waals surface area contributed by atoms with E-state index >= 15 is 0 Å². The van der Waals surface area contributed by atoms with Gasteiger partial charge in [-0.2, -0.15) is 0 Å². The number of Topliss-reactive ketones (excluding diaryl/α,β-unsaturated/α-hetero) is 1. The van der Waals surface area contributed by atoms with Gasteiger partial charge >= 0.3 is 59.9 Å². The number of aryl methyl sites for hydroxylation is 1. The van der Waals surface area contributed by atoms with Crippen LogP contribution in [0.15, 0.2) is 53.6 Å². The Morgan fingerprint density at radius 1 is 0.721 bits per heavy atom. The second kappa shape index (κ2) is 34.1. The molecule has 5 heterocycles. The standard InChI is InChI=1S/C70H78BrN5O34S/c1-31-24-42-48(49(84)47-41(50(42)91-8)14-13-15-44(47)83)51-46(31)52-61-70(94-11,109-51)68(28-71,97-30-76(22-23-111(12,89)90)67(88)96-26-38-16-19-40(20-17-38)104-64-59(102-36(6)81)55(100-34(4)79)53(98-32(2)77)57(106-64)62(85)92-9)69(108-52,110-61)29-73-66(87)95-27-39-18-21-45(43(25-39)74-75-72)105-65-60(103-37(7)82)56(101-35(5)80)54(99-33(3)78)58(107-65)63(86)93-10/h16-21,24-25,52-61,64-65,84H,13-15,22-23,26-30H2,1-12H3,(H,73,87)/t52?,53-,54-,55-,56-,57-,58-,59+,60+,61?,64+,65+,68+,69?,70+/m0/s1. The number of esters is 8. The minimum Gasteiger partial charge on any atom is -0.506 e. The Morgan fingerprint density at radius 3 is 1.80 bits per heavy atom. The average molecular weight is 1650 g/mol. The molecule has 2 bridgehead atoms. The van der Waals surface area contributed by atoms with Crippen molar-refractivity contribution in [2.24, 2.45) is 5.11 Å². The number of fused-ring (bicyclic) bond motifs is 6. The topological polar surface area (TPSA) is 491 Å². The van der Waals surface area contributed by atoms with Gasteiger partial charge in [0.15, 0.2) is 48.5 Å². The number of sulfone groups is 1. The van der Waals surface area contributed by atoms with E-state index in [2.05, 4.69) is 31.3 Å². The quantitative estimate of drug-likeness (QED) is 0.0142. The van der Waals surface area contributed by atoms with Crippen LogP contribution in [0.25, 0.3) is 21.2 Å². The molecule has 2 amide bonds. The molecule has 39 nitrogen and oxygen atoms in total. The summed E-state index contributed by atoms with van der Waals surface area (Å²) in [6.45, 7) is 4.43. The molecular formula is C70H78BrN5O34S. The molecule has 2 N–H and O–H groups in total. The van der Waals surface area contributed by atoms with Crippen LogP contribution in [-0.4, -0.2) is 234 Å². The monoisotopic (exact) mass is 1640 g/mol. The third kappa shape index (κ3) is 17.0. The third-order valence-electron chi connectivity index (χ3n) is 18.5. The van der Waals surface area contributed by atoms with Gasteiger partial charge in [-0.05, 0) is 72.3 Å². The second-order valence-electron chi connectivity index (χ2n) is 26.0. The highest BCUT2D eigenvalue weighted by Crippen LogP contribution is 2.68. The lowest BCUT2D eigenvalue weighted by atomic mass is 9.76. The average Bonchev–Trinajstić information content (AvgIpc) is 1.49. The molecule has 4 aromatic carbocycles. The summed E-state index contributed by atoms with van der Waals surface area (Å²) in [7, 11) is 0.769. The number of phenols is 1. The number of rotatable bonds is 28. The SMILES string of the molecule is COC(=O)[C@H]1O[C@@H](Oc2ccc(COC(=O)N(CCS(C)(=O)=O)CO[C@]3(CBr)C4(CNC(=O)OCc5ccc(O[C@@H]6O[C@H](C(=O)OC)[C@@H](OC(C)=O)[C@H](OC(C)=O)[C@H]6OC(C)=O)c(N=[N+]=[N-])c5)OC5c6c(C)cc7c(OC)c8c(c(O)c7c6O[C@]3(OC)C5O4)C(=O)CCC8)cc2)[C@H](OC(C)=O)[C@@H](OC(C)=O)[C@@H]1OC(C)=O. The number of amides is 2. The van der Waals surface area contributed by atoms with Crippen molar-refractivity contribution >= 4 is 108 Å². The summed E-state index contributed by atoms with van der Waals surface area (Å²) in [5, 5.41) is 18.6. The first kappa shape index (κ1) is 83.1. The number of carbonyl (C=O) groups is 11. The van der Waals surface area contributed by atoms with Gasteiger partial charge in [-0.3, -0.25) is 38.5 Å². The molecule has 10 rings (SSSR count). The van der Waals surface area contributed by atoms with E-state index in [1.165, 1.54) is 56.7 Å². The minimum absolute atomic E-state index is 0.00550. The number of ketones is 1. The molecule has 0 saturated carbocycles. The summed E-state index contributed by atoms with van der Waals surface area (Å²) in [6.07, 6.45) is -20.6.